The van der Waals surface area contributed by atoms with E-state index in [9.17, 15) is 4.11 Å². The molecule has 0 aliphatic heterocycles. The molecule has 0 radical (unpaired) electrons. The highest BCUT2D eigenvalue weighted by molar-refractivity contribution is 6.10. The number of benzene rings is 7. The van der Waals surface area contributed by atoms with Gasteiger partial charge in [0.05, 0.1) is 38.5 Å². The summed E-state index contributed by atoms with van der Waals surface area (Å²) < 4.78 is 110. The van der Waals surface area contributed by atoms with Gasteiger partial charge in [0.25, 0.3) is 0 Å². The zero-order valence-electron chi connectivity index (χ0n) is 38.1. The number of hydrogen-bond donors (Lipinski definition) is 0. The molecule has 5 nitrogen and oxygen atoms in total. The first-order valence-corrected chi connectivity index (χ1v) is 15.8. The number of para-hydroxylation sites is 4. The molecule has 0 unspecified atom stereocenters. The number of nitrogens with zero attached hydrogens (tertiary/aromatic N) is 5. The lowest BCUT2D eigenvalue weighted by molar-refractivity contribution is 0.953. The Bertz CT molecular complexity index is 3420. The maximum absolute atomic E-state index is 9.80. The van der Waals surface area contributed by atoms with Gasteiger partial charge in [0.1, 0.15) is 0 Å². The van der Waals surface area contributed by atoms with Crippen LogP contribution in [0.5, 0.6) is 0 Å². The van der Waals surface area contributed by atoms with Crippen LogP contribution in [0.3, 0.4) is 0 Å². The van der Waals surface area contributed by atoms with Gasteiger partial charge in [0.15, 0.2) is 11.6 Å². The van der Waals surface area contributed by atoms with Crippen molar-refractivity contribution in [1.82, 2.24) is 24.1 Å². The van der Waals surface area contributed by atoms with Crippen LogP contribution in [0.4, 0.5) is 0 Å². The summed E-state index contributed by atoms with van der Waals surface area (Å²) in [6, 6.07) is 25.0. The zero-order valence-corrected chi connectivity index (χ0v) is 26.1. The molecule has 0 N–H and O–H groups in total. The molecular weight excluding hydrogens is 611 g/mol. The summed E-state index contributed by atoms with van der Waals surface area (Å²) in [4.78, 5) is 14.7. The van der Waals surface area contributed by atoms with Crippen LogP contribution in [-0.2, 0) is 0 Å². The van der Waals surface area contributed by atoms with E-state index in [0.29, 0.717) is 5.56 Å². The van der Waals surface area contributed by atoms with Crippen LogP contribution in [0.2, 0.25) is 0 Å². The minimum absolute atomic E-state index is 0.122. The van der Waals surface area contributed by atoms with Gasteiger partial charge in [-0.2, -0.15) is 9.97 Å². The number of fused-ring (bicyclic) bond motifs is 6. The first-order chi connectivity index (χ1) is 29.8. The fourth-order valence-electron chi connectivity index (χ4n) is 6.49. The molecule has 0 saturated heterocycles. The van der Waals surface area contributed by atoms with Crippen LogP contribution in [0.15, 0.2) is 176 Å². The Morgan fingerprint density at radius 2 is 0.920 bits per heavy atom. The predicted octanol–water partition coefficient (Wildman–Crippen LogP) is 11.1. The molecule has 3 heterocycles. The van der Waals surface area contributed by atoms with E-state index < -0.39 is 78.2 Å². The normalized spacial score (nSPS) is 15.0. The summed E-state index contributed by atoms with van der Waals surface area (Å²) in [6.07, 6.45) is 0. The number of aromatic nitrogens is 5. The summed E-state index contributed by atoms with van der Waals surface area (Å²) in [5.74, 6) is 0.0678. The third-order valence-electron chi connectivity index (χ3n) is 8.75. The van der Waals surface area contributed by atoms with Crippen molar-refractivity contribution in [1.29, 1.82) is 0 Å². The van der Waals surface area contributed by atoms with Crippen molar-refractivity contribution in [2.45, 2.75) is 0 Å². The molecule has 0 atom stereocenters. The molecule has 0 spiro atoms. The van der Waals surface area contributed by atoms with Gasteiger partial charge in [-0.3, -0.25) is 4.57 Å². The maximum Gasteiger partial charge on any atom is 0.238 e. The summed E-state index contributed by atoms with van der Waals surface area (Å²) in [7, 11) is 0. The lowest BCUT2D eigenvalue weighted by Crippen LogP contribution is -2.06. The maximum atomic E-state index is 9.80. The van der Waals surface area contributed by atoms with Crippen molar-refractivity contribution in [2.75, 3.05) is 0 Å². The van der Waals surface area contributed by atoms with Crippen molar-refractivity contribution < 1.29 is 16.4 Å². The highest BCUT2D eigenvalue weighted by atomic mass is 15.2. The van der Waals surface area contributed by atoms with Crippen LogP contribution in [0, 0.1) is 0 Å². The largest absolute Gasteiger partial charge is 0.309 e. The average molecular weight is 652 g/mol. The third kappa shape index (κ3) is 4.52. The zero-order chi connectivity index (χ0) is 43.5. The summed E-state index contributed by atoms with van der Waals surface area (Å²) in [5.41, 5.74) is 2.55. The fourth-order valence-corrected chi connectivity index (χ4v) is 6.49. The molecule has 0 aliphatic carbocycles. The topological polar surface area (TPSA) is 48.5 Å². The van der Waals surface area contributed by atoms with E-state index in [-0.39, 0.29) is 45.0 Å². The highest BCUT2D eigenvalue weighted by Crippen LogP contribution is 2.35. The van der Waals surface area contributed by atoms with Gasteiger partial charge in [-0.05, 0) is 47.4 Å². The second kappa shape index (κ2) is 11.4. The van der Waals surface area contributed by atoms with Crippen molar-refractivity contribution >= 4 is 43.6 Å². The van der Waals surface area contributed by atoms with Crippen LogP contribution in [0.1, 0.15) is 16.4 Å². The second-order valence-electron chi connectivity index (χ2n) is 11.6. The Morgan fingerprint density at radius 3 is 1.58 bits per heavy atom. The summed E-state index contributed by atoms with van der Waals surface area (Å²) >= 11 is 0. The molecule has 3 aromatic heterocycles. The van der Waals surface area contributed by atoms with Crippen molar-refractivity contribution in [3.8, 4) is 45.5 Å². The molecule has 0 aliphatic rings. The molecule has 10 rings (SSSR count). The molecule has 0 fully saturated rings. The van der Waals surface area contributed by atoms with E-state index in [1.807, 2.05) is 108 Å². The lowest BCUT2D eigenvalue weighted by atomic mass is 10.0. The van der Waals surface area contributed by atoms with Crippen LogP contribution in [-0.4, -0.2) is 24.1 Å². The first-order valence-electron chi connectivity index (χ1n) is 21.8. The minimum Gasteiger partial charge on any atom is -0.309 e. The van der Waals surface area contributed by atoms with Crippen molar-refractivity contribution in [2.24, 2.45) is 0 Å². The van der Waals surface area contributed by atoms with E-state index in [1.54, 1.807) is 0 Å². The molecule has 5 heteroatoms. The SMILES string of the molecule is [2H]c1c([2H])c(-c2nc(-c3ccc(-c4ccccc4)cc3)nc(-n3c4ccccc4c4ccccc43)n2)c([2H])c(-n2c3c([2H])c([2H])c([2H])c([2H])c3c3c([2H])c([2H])c([2H])c([2H])c32)c1[2H]. The molecule has 10 aromatic rings. The number of rotatable bonds is 5. The Balaban J connectivity index is 1.32. The molecule has 7 aromatic carbocycles. The van der Waals surface area contributed by atoms with Crippen molar-refractivity contribution in [3.63, 3.8) is 0 Å². The van der Waals surface area contributed by atoms with Crippen LogP contribution >= 0.6 is 0 Å². The summed E-state index contributed by atoms with van der Waals surface area (Å²) in [6.45, 7) is 0. The van der Waals surface area contributed by atoms with Crippen molar-refractivity contribution in [3.05, 3.63) is 176 Å². The smallest absolute Gasteiger partial charge is 0.238 e. The second-order valence-corrected chi connectivity index (χ2v) is 11.6. The van der Waals surface area contributed by atoms with Gasteiger partial charge in [0, 0.05) is 38.4 Å². The summed E-state index contributed by atoms with van der Waals surface area (Å²) in [5, 5.41) is 1.32. The highest BCUT2D eigenvalue weighted by Gasteiger charge is 2.19. The standard InChI is InChI=1S/C45H29N5/c1-2-13-30(14-3-1)31-25-27-32(28-26-31)43-46-44(48-45(47-43)50-41-23-10-6-19-37(41)38-20-7-11-24-42(38)50)33-15-12-16-34(29-33)49-39-21-8-4-17-35(39)36-18-5-9-22-40(36)49/h1-29H/i4D,5D,8D,9D,12D,15D,16D,17D,18D,21D,22D,29D. The van der Waals surface area contributed by atoms with E-state index in [4.69, 9.17) is 27.3 Å². The van der Waals surface area contributed by atoms with Gasteiger partial charge in [-0.25, -0.2) is 4.98 Å². The Morgan fingerprint density at radius 1 is 0.380 bits per heavy atom. The third-order valence-corrected chi connectivity index (χ3v) is 8.75. The molecule has 50 heavy (non-hydrogen) atoms. The molecule has 0 saturated carbocycles. The molecule has 234 valence electrons. The Hall–Kier alpha value is -6.85. The van der Waals surface area contributed by atoms with E-state index in [2.05, 4.69) is 0 Å². The quantitative estimate of drug-likeness (QED) is 0.186. The molecular formula is C45H29N5. The first kappa shape index (κ1) is 18.6. The van der Waals surface area contributed by atoms with Gasteiger partial charge in [-0.15, -0.1) is 0 Å². The van der Waals surface area contributed by atoms with Crippen LogP contribution in [0.25, 0.3) is 89.2 Å². The van der Waals surface area contributed by atoms with Gasteiger partial charge >= 0.3 is 0 Å². The van der Waals surface area contributed by atoms with Gasteiger partial charge in [-0.1, -0.05) is 139 Å². The minimum atomic E-state index is -0.698. The Labute approximate surface area is 305 Å². The van der Waals surface area contributed by atoms with E-state index >= 15 is 0 Å². The van der Waals surface area contributed by atoms with E-state index in [0.717, 1.165) is 37.5 Å². The lowest BCUT2D eigenvalue weighted by Gasteiger charge is -2.13. The van der Waals surface area contributed by atoms with E-state index in [1.165, 1.54) is 0 Å². The van der Waals surface area contributed by atoms with Gasteiger partial charge < -0.3 is 4.57 Å². The predicted molar refractivity (Wildman–Crippen MR) is 205 cm³/mol. The molecule has 0 amide bonds. The van der Waals surface area contributed by atoms with Gasteiger partial charge in [0.2, 0.25) is 5.95 Å². The monoisotopic (exact) mass is 651 g/mol. The Kier molecular flexibility index (Phi) is 4.24. The molecule has 0 bridgehead atoms. The van der Waals surface area contributed by atoms with Crippen LogP contribution < -0.4 is 0 Å². The number of hydrogen-bond acceptors (Lipinski definition) is 3. The fraction of sp³-hybridized carbons (Fsp3) is 0. The average Bonchev–Trinajstić information content (AvgIpc) is 3.82.